The van der Waals surface area contributed by atoms with Gasteiger partial charge in [0, 0.05) is 6.26 Å². The fraction of sp³-hybridized carbons (Fsp3) is 0.400. The van der Waals surface area contributed by atoms with Crippen LogP contribution in [0.15, 0.2) is 33.1 Å². The number of aromatic nitrogens is 1. The molecule has 0 amide bonds. The third kappa shape index (κ3) is 3.52. The van der Waals surface area contributed by atoms with Gasteiger partial charge in [0.05, 0.1) is 9.77 Å². The molecule has 0 bridgehead atoms. The minimum atomic E-state index is -3.18. The zero-order valence-corrected chi connectivity index (χ0v) is 15.3. The van der Waals surface area contributed by atoms with Crippen LogP contribution in [0.4, 0.5) is 0 Å². The van der Waals surface area contributed by atoms with Gasteiger partial charge in [-0.1, -0.05) is 12.1 Å². The van der Waals surface area contributed by atoms with Gasteiger partial charge in [-0.3, -0.25) is 0 Å². The number of hydrogen-bond acceptors (Lipinski definition) is 5. The highest BCUT2D eigenvalue weighted by Gasteiger charge is 2.21. The summed E-state index contributed by atoms with van der Waals surface area (Å²) in [5, 5.41) is 0. The largest absolute Gasteiger partial charge is 0.473 e. The fourth-order valence-electron chi connectivity index (χ4n) is 2.56. The minimum absolute atomic E-state index is 0.239. The summed E-state index contributed by atoms with van der Waals surface area (Å²) in [5.41, 5.74) is 0.920. The molecule has 1 heterocycles. The van der Waals surface area contributed by atoms with Gasteiger partial charge in [-0.15, -0.1) is 11.3 Å². The number of halogens is 1. The molecule has 7 heteroatoms. The maximum absolute atomic E-state index is 11.5. The summed E-state index contributed by atoms with van der Waals surface area (Å²) in [6.45, 7) is 0. The van der Waals surface area contributed by atoms with Gasteiger partial charge in [0.15, 0.2) is 13.8 Å². The number of thiazole rings is 1. The molecule has 4 nitrogen and oxygen atoms in total. The summed E-state index contributed by atoms with van der Waals surface area (Å²) in [4.78, 5) is 5.66. The van der Waals surface area contributed by atoms with Crippen LogP contribution >= 0.6 is 27.3 Å². The summed E-state index contributed by atoms with van der Waals surface area (Å²) in [7, 11) is -3.18. The van der Waals surface area contributed by atoms with Gasteiger partial charge in [0.1, 0.15) is 6.10 Å². The van der Waals surface area contributed by atoms with Gasteiger partial charge in [-0.2, -0.15) is 4.98 Å². The smallest absolute Gasteiger partial charge is 0.234 e. The topological polar surface area (TPSA) is 56.3 Å². The lowest BCUT2D eigenvalue weighted by molar-refractivity contribution is 0.203. The molecule has 0 aliphatic heterocycles. The van der Waals surface area contributed by atoms with Crippen molar-refractivity contribution in [3.05, 3.63) is 28.2 Å². The van der Waals surface area contributed by atoms with E-state index >= 15 is 0 Å². The van der Waals surface area contributed by atoms with Crippen molar-refractivity contribution < 1.29 is 13.2 Å². The number of sulfone groups is 1. The maximum Gasteiger partial charge on any atom is 0.234 e. The Kier molecular flexibility index (Phi) is 4.56. The lowest BCUT2D eigenvalue weighted by Gasteiger charge is -2.12. The first-order valence-electron chi connectivity index (χ1n) is 7.07. The van der Waals surface area contributed by atoms with Crippen molar-refractivity contribution in [3.63, 3.8) is 0 Å². The van der Waals surface area contributed by atoms with Crippen LogP contribution in [0.3, 0.4) is 0 Å². The highest BCUT2D eigenvalue weighted by molar-refractivity contribution is 9.11. The molecule has 0 N–H and O–H groups in total. The molecule has 1 aliphatic carbocycles. The second-order valence-corrected chi connectivity index (χ2v) is 9.71. The lowest BCUT2D eigenvalue weighted by atomic mass is 10.2. The van der Waals surface area contributed by atoms with E-state index in [1.165, 1.54) is 30.4 Å². The highest BCUT2D eigenvalue weighted by Crippen LogP contribution is 2.39. The molecule has 1 saturated carbocycles. The molecule has 118 valence electrons. The van der Waals surface area contributed by atoms with Crippen LogP contribution in [0.2, 0.25) is 0 Å². The van der Waals surface area contributed by atoms with Crippen LogP contribution in [0.5, 0.6) is 5.88 Å². The van der Waals surface area contributed by atoms with Crippen molar-refractivity contribution in [2.24, 2.45) is 0 Å². The molecule has 22 heavy (non-hydrogen) atoms. The zero-order chi connectivity index (χ0) is 15.7. The van der Waals surface area contributed by atoms with Crippen LogP contribution in [-0.4, -0.2) is 25.8 Å². The Bertz CT molecular complexity index is 763. The summed E-state index contributed by atoms with van der Waals surface area (Å²) in [6.07, 6.45) is 5.99. The molecule has 1 aliphatic rings. The van der Waals surface area contributed by atoms with Crippen LogP contribution in [0.25, 0.3) is 10.4 Å². The molecular weight excluding hydrogens is 386 g/mol. The molecule has 3 rings (SSSR count). The van der Waals surface area contributed by atoms with Crippen molar-refractivity contribution in [1.29, 1.82) is 0 Å². The van der Waals surface area contributed by atoms with E-state index < -0.39 is 9.84 Å². The third-order valence-electron chi connectivity index (χ3n) is 3.70. The minimum Gasteiger partial charge on any atom is -0.473 e. The number of ether oxygens (including phenoxy) is 1. The van der Waals surface area contributed by atoms with E-state index in [0.29, 0.717) is 10.8 Å². The van der Waals surface area contributed by atoms with Crippen molar-refractivity contribution >= 4 is 37.1 Å². The molecule has 2 aromatic rings. The first-order chi connectivity index (χ1) is 10.4. The van der Waals surface area contributed by atoms with Gasteiger partial charge >= 0.3 is 0 Å². The number of hydrogen-bond donors (Lipinski definition) is 0. The molecule has 1 fully saturated rings. The van der Waals surface area contributed by atoms with Crippen LogP contribution in [0.1, 0.15) is 25.7 Å². The van der Waals surface area contributed by atoms with Gasteiger partial charge in [-0.25, -0.2) is 8.42 Å². The van der Waals surface area contributed by atoms with Crippen LogP contribution in [-0.2, 0) is 9.84 Å². The van der Waals surface area contributed by atoms with E-state index in [1.54, 1.807) is 24.3 Å². The number of nitrogens with zero attached hydrogens (tertiary/aromatic N) is 1. The molecular formula is C15H16BrNO3S2. The van der Waals surface area contributed by atoms with Gasteiger partial charge in [-0.05, 0) is 59.3 Å². The van der Waals surface area contributed by atoms with E-state index in [2.05, 4.69) is 20.9 Å². The summed E-state index contributed by atoms with van der Waals surface area (Å²) >= 11 is 4.90. The normalized spacial score (nSPS) is 16.1. The fourth-order valence-corrected chi connectivity index (χ4v) is 4.57. The standard InChI is InChI=1S/C15H16BrNO3S2/c1-22(18,19)12-8-6-10(7-9-12)13-14(17-15(16)21-13)20-11-4-2-3-5-11/h6-9,11H,2-5H2,1H3. The molecule has 0 atom stereocenters. The third-order valence-corrected chi connectivity index (χ3v) is 6.36. The Labute approximate surface area is 142 Å². The van der Waals surface area contributed by atoms with Crippen molar-refractivity contribution in [1.82, 2.24) is 4.98 Å². The van der Waals surface area contributed by atoms with Gasteiger partial charge < -0.3 is 4.74 Å². The Morgan fingerprint density at radius 3 is 2.45 bits per heavy atom. The maximum atomic E-state index is 11.5. The van der Waals surface area contributed by atoms with Gasteiger partial charge in [0.25, 0.3) is 0 Å². The molecule has 0 saturated heterocycles. The molecule has 0 radical (unpaired) electrons. The summed E-state index contributed by atoms with van der Waals surface area (Å²) in [5.74, 6) is 0.635. The monoisotopic (exact) mass is 401 g/mol. The zero-order valence-electron chi connectivity index (χ0n) is 12.1. The first-order valence-corrected chi connectivity index (χ1v) is 10.6. The van der Waals surface area contributed by atoms with Crippen molar-refractivity contribution in [2.75, 3.05) is 6.26 Å². The Balaban J connectivity index is 1.90. The summed E-state index contributed by atoms with van der Waals surface area (Å²) in [6, 6.07) is 6.85. The molecule has 1 aromatic carbocycles. The average Bonchev–Trinajstić information content (AvgIpc) is 3.08. The van der Waals surface area contributed by atoms with Crippen LogP contribution in [0, 0.1) is 0 Å². The van der Waals surface area contributed by atoms with Crippen LogP contribution < -0.4 is 4.74 Å². The van der Waals surface area contributed by atoms with E-state index in [1.807, 2.05) is 0 Å². The van der Waals surface area contributed by atoms with E-state index in [9.17, 15) is 8.42 Å². The molecule has 0 spiro atoms. The summed E-state index contributed by atoms with van der Waals surface area (Å²) < 4.78 is 29.9. The number of benzene rings is 1. The lowest BCUT2D eigenvalue weighted by Crippen LogP contribution is -2.11. The Morgan fingerprint density at radius 1 is 1.23 bits per heavy atom. The quantitative estimate of drug-likeness (QED) is 0.765. The number of rotatable bonds is 4. The van der Waals surface area contributed by atoms with Crippen molar-refractivity contribution in [3.8, 4) is 16.3 Å². The predicted octanol–water partition coefficient (Wildman–Crippen LogP) is 4.30. The van der Waals surface area contributed by atoms with Gasteiger partial charge in [0.2, 0.25) is 5.88 Å². The highest BCUT2D eigenvalue weighted by atomic mass is 79.9. The Morgan fingerprint density at radius 2 is 1.86 bits per heavy atom. The first kappa shape index (κ1) is 16.0. The van der Waals surface area contributed by atoms with E-state index in [4.69, 9.17) is 4.74 Å². The Hall–Kier alpha value is -0.920. The second-order valence-electron chi connectivity index (χ2n) is 5.42. The second kappa shape index (κ2) is 6.29. The predicted molar refractivity (Wildman–Crippen MR) is 91.2 cm³/mol. The van der Waals surface area contributed by atoms with E-state index in [-0.39, 0.29) is 6.10 Å². The molecule has 1 aromatic heterocycles. The van der Waals surface area contributed by atoms with Crippen molar-refractivity contribution in [2.45, 2.75) is 36.7 Å². The SMILES string of the molecule is CS(=O)(=O)c1ccc(-c2sc(Br)nc2OC2CCCC2)cc1. The van der Waals surface area contributed by atoms with E-state index in [0.717, 1.165) is 27.2 Å². The molecule has 0 unspecified atom stereocenters. The average molecular weight is 402 g/mol.